The fraction of sp³-hybridized carbons (Fsp3) is 0.462. The number of likely N-dealkylation sites (tertiary alicyclic amines) is 2. The summed E-state index contributed by atoms with van der Waals surface area (Å²) < 4.78 is 5.26. The summed E-state index contributed by atoms with van der Waals surface area (Å²) in [6.45, 7) is 3.79. The molecule has 0 saturated carbocycles. The Balaban J connectivity index is 1.34. The van der Waals surface area contributed by atoms with Crippen molar-refractivity contribution in [3.05, 3.63) is 65.7 Å². The van der Waals surface area contributed by atoms with Crippen molar-refractivity contribution in [2.24, 2.45) is 0 Å². The lowest BCUT2D eigenvalue weighted by molar-refractivity contribution is -0.134. The van der Waals surface area contributed by atoms with Crippen molar-refractivity contribution >= 4 is 11.8 Å². The number of carbonyl (C=O) groups excluding carboxylic acids is 2. The van der Waals surface area contributed by atoms with E-state index in [1.54, 1.807) is 19.2 Å². The van der Waals surface area contributed by atoms with Crippen LogP contribution in [0.15, 0.2) is 54.6 Å². The molecule has 1 spiro atoms. The molecule has 2 amide bonds. The van der Waals surface area contributed by atoms with Gasteiger partial charge in [-0.2, -0.15) is 0 Å². The van der Waals surface area contributed by atoms with Crippen molar-refractivity contribution in [1.29, 1.82) is 0 Å². The van der Waals surface area contributed by atoms with Gasteiger partial charge in [0, 0.05) is 30.7 Å². The van der Waals surface area contributed by atoms with Gasteiger partial charge in [0.15, 0.2) is 0 Å². The van der Waals surface area contributed by atoms with Gasteiger partial charge in [0.1, 0.15) is 5.75 Å². The monoisotopic (exact) mass is 435 g/mol. The first kappa shape index (κ1) is 22.3. The molecule has 2 saturated heterocycles. The molecule has 2 fully saturated rings. The smallest absolute Gasteiger partial charge is 0.251 e. The molecule has 2 aromatic rings. The topological polar surface area (TPSA) is 61.9 Å². The zero-order valence-electron chi connectivity index (χ0n) is 18.9. The third-order valence-electron chi connectivity index (χ3n) is 6.91. The molecule has 2 heterocycles. The fourth-order valence-corrected chi connectivity index (χ4v) is 5.17. The predicted molar refractivity (Wildman–Crippen MR) is 125 cm³/mol. The van der Waals surface area contributed by atoms with Crippen LogP contribution in [0.1, 0.15) is 48.0 Å². The normalized spacial score (nSPS) is 21.3. The number of ether oxygens (including phenoxy) is 1. The Hall–Kier alpha value is -2.86. The molecule has 0 aromatic heterocycles. The van der Waals surface area contributed by atoms with Gasteiger partial charge in [0.2, 0.25) is 5.91 Å². The maximum atomic E-state index is 13.1. The van der Waals surface area contributed by atoms with Crippen LogP contribution in [0.5, 0.6) is 5.75 Å². The van der Waals surface area contributed by atoms with Crippen LogP contribution >= 0.6 is 0 Å². The van der Waals surface area contributed by atoms with E-state index in [0.29, 0.717) is 5.56 Å². The third kappa shape index (κ3) is 5.13. The second kappa shape index (κ2) is 10.2. The summed E-state index contributed by atoms with van der Waals surface area (Å²) in [5.74, 6) is 0.720. The highest BCUT2D eigenvalue weighted by atomic mass is 16.5. The summed E-state index contributed by atoms with van der Waals surface area (Å²) in [6, 6.07) is 17.3. The number of amides is 2. The number of nitrogens with one attached hydrogen (secondary N) is 1. The van der Waals surface area contributed by atoms with Gasteiger partial charge in [-0.25, -0.2) is 0 Å². The Morgan fingerprint density at radius 2 is 1.66 bits per heavy atom. The van der Waals surface area contributed by atoms with E-state index < -0.39 is 0 Å². The van der Waals surface area contributed by atoms with Crippen molar-refractivity contribution in [3.8, 4) is 5.75 Å². The largest absolute Gasteiger partial charge is 0.497 e. The van der Waals surface area contributed by atoms with Crippen LogP contribution in [0, 0.1) is 0 Å². The molecule has 2 aliphatic heterocycles. The Morgan fingerprint density at radius 1 is 0.938 bits per heavy atom. The van der Waals surface area contributed by atoms with Gasteiger partial charge in [0.25, 0.3) is 5.91 Å². The van der Waals surface area contributed by atoms with Gasteiger partial charge in [-0.15, -0.1) is 0 Å². The molecule has 170 valence electrons. The summed E-state index contributed by atoms with van der Waals surface area (Å²) in [5.41, 5.74) is 1.80. The minimum Gasteiger partial charge on any atom is -0.497 e. The Morgan fingerprint density at radius 3 is 2.38 bits per heavy atom. The van der Waals surface area contributed by atoms with E-state index in [-0.39, 0.29) is 23.9 Å². The summed E-state index contributed by atoms with van der Waals surface area (Å²) in [7, 11) is 1.69. The molecular weight excluding hydrogens is 402 g/mol. The van der Waals surface area contributed by atoms with Crippen LogP contribution < -0.4 is 10.1 Å². The highest BCUT2D eigenvalue weighted by Gasteiger charge is 2.43. The van der Waals surface area contributed by atoms with Gasteiger partial charge >= 0.3 is 0 Å². The Bertz CT molecular complexity index is 916. The quantitative estimate of drug-likeness (QED) is 0.755. The van der Waals surface area contributed by atoms with Crippen LogP contribution in [0.4, 0.5) is 0 Å². The second-order valence-electron chi connectivity index (χ2n) is 8.90. The number of hydrogen-bond acceptors (Lipinski definition) is 4. The fourth-order valence-electron chi connectivity index (χ4n) is 5.17. The molecule has 2 aromatic carbocycles. The lowest BCUT2D eigenvalue weighted by Crippen LogP contribution is -2.51. The average molecular weight is 436 g/mol. The molecule has 1 N–H and O–H groups in total. The number of rotatable bonds is 6. The Labute approximate surface area is 190 Å². The first-order valence-electron chi connectivity index (χ1n) is 11.6. The van der Waals surface area contributed by atoms with Crippen molar-refractivity contribution in [2.45, 2.75) is 44.2 Å². The van der Waals surface area contributed by atoms with E-state index in [1.165, 1.54) is 5.56 Å². The van der Waals surface area contributed by atoms with Gasteiger partial charge in [-0.1, -0.05) is 30.3 Å². The molecule has 0 aliphatic carbocycles. The van der Waals surface area contributed by atoms with Gasteiger partial charge in [-0.3, -0.25) is 14.5 Å². The van der Waals surface area contributed by atoms with Crippen LogP contribution in [-0.4, -0.2) is 60.4 Å². The van der Waals surface area contributed by atoms with E-state index in [2.05, 4.69) is 27.2 Å². The first-order valence-corrected chi connectivity index (χ1v) is 11.6. The number of carbonyl (C=O) groups is 2. The molecular formula is C26H33N3O3. The first-order chi connectivity index (χ1) is 15.6. The standard InChI is InChI=1S/C26H33N3O3/c1-32-23-11-9-21(10-12-23)20-28-16-5-13-26(15-18-28)14-6-17-29(26)24(30)19-27-25(31)22-7-3-2-4-8-22/h2-4,7-12H,5-6,13-20H2,1H3,(H,27,31)/t26-/m1/s1. The van der Waals surface area contributed by atoms with Crippen molar-refractivity contribution in [2.75, 3.05) is 33.3 Å². The summed E-state index contributed by atoms with van der Waals surface area (Å²) in [4.78, 5) is 30.0. The molecule has 2 aliphatic rings. The summed E-state index contributed by atoms with van der Waals surface area (Å²) in [5, 5.41) is 2.81. The molecule has 0 bridgehead atoms. The average Bonchev–Trinajstić information content (AvgIpc) is 3.14. The lowest BCUT2D eigenvalue weighted by atomic mass is 9.87. The SMILES string of the molecule is COc1ccc(CN2CCC[C@@]3(CCCN3C(=O)CNC(=O)c3ccccc3)CC2)cc1. The van der Waals surface area contributed by atoms with Crippen LogP contribution in [0.3, 0.4) is 0 Å². The minimum absolute atomic E-state index is 0.0374. The van der Waals surface area contributed by atoms with E-state index >= 15 is 0 Å². The maximum absolute atomic E-state index is 13.1. The highest BCUT2D eigenvalue weighted by molar-refractivity contribution is 5.96. The van der Waals surface area contributed by atoms with Crippen molar-refractivity contribution in [1.82, 2.24) is 15.1 Å². The van der Waals surface area contributed by atoms with Crippen molar-refractivity contribution in [3.63, 3.8) is 0 Å². The molecule has 6 heteroatoms. The van der Waals surface area contributed by atoms with Gasteiger partial charge < -0.3 is 15.0 Å². The number of nitrogens with zero attached hydrogens (tertiary/aromatic N) is 2. The summed E-state index contributed by atoms with van der Waals surface area (Å²) in [6.07, 6.45) is 5.20. The van der Waals surface area contributed by atoms with E-state index in [1.807, 2.05) is 30.3 Å². The Kier molecular flexibility index (Phi) is 7.10. The van der Waals surface area contributed by atoms with E-state index in [4.69, 9.17) is 4.74 Å². The number of hydrogen-bond donors (Lipinski definition) is 1. The third-order valence-corrected chi connectivity index (χ3v) is 6.91. The van der Waals surface area contributed by atoms with Gasteiger partial charge in [0.05, 0.1) is 13.7 Å². The van der Waals surface area contributed by atoms with Crippen LogP contribution in [0.25, 0.3) is 0 Å². The molecule has 0 radical (unpaired) electrons. The summed E-state index contributed by atoms with van der Waals surface area (Å²) >= 11 is 0. The predicted octanol–water partition coefficient (Wildman–Crippen LogP) is 3.47. The molecule has 1 atom stereocenters. The van der Waals surface area contributed by atoms with E-state index in [0.717, 1.165) is 64.0 Å². The minimum atomic E-state index is -0.196. The van der Waals surface area contributed by atoms with Crippen molar-refractivity contribution < 1.29 is 14.3 Å². The maximum Gasteiger partial charge on any atom is 0.251 e. The van der Waals surface area contributed by atoms with Gasteiger partial charge in [-0.05, 0) is 68.5 Å². The van der Waals surface area contributed by atoms with E-state index in [9.17, 15) is 9.59 Å². The number of benzene rings is 2. The molecule has 6 nitrogen and oxygen atoms in total. The molecule has 4 rings (SSSR count). The van der Waals surface area contributed by atoms with Crippen LogP contribution in [-0.2, 0) is 11.3 Å². The zero-order valence-corrected chi connectivity index (χ0v) is 18.9. The second-order valence-corrected chi connectivity index (χ2v) is 8.90. The molecule has 32 heavy (non-hydrogen) atoms. The van der Waals surface area contributed by atoms with Crippen LogP contribution in [0.2, 0.25) is 0 Å². The lowest BCUT2D eigenvalue weighted by Gasteiger charge is -2.38. The number of methoxy groups -OCH3 is 1. The zero-order chi connectivity index (χ0) is 22.4. The molecule has 0 unspecified atom stereocenters. The highest BCUT2D eigenvalue weighted by Crippen LogP contribution is 2.38.